The molecule has 0 aliphatic heterocycles. The average Bonchev–Trinajstić information content (AvgIpc) is 1.64. The lowest BCUT2D eigenvalue weighted by Gasteiger charge is -2.17. The highest BCUT2D eigenvalue weighted by atomic mass is 127. The van der Waals surface area contributed by atoms with E-state index in [4.69, 9.17) is 0 Å². The van der Waals surface area contributed by atoms with Gasteiger partial charge in [0, 0.05) is 0 Å². The van der Waals surface area contributed by atoms with Gasteiger partial charge in [-0.2, -0.15) is 13.2 Å². The molecule has 0 radical (unpaired) electrons. The van der Waals surface area contributed by atoms with Gasteiger partial charge in [0.1, 0.15) is 6.67 Å². The highest BCUT2D eigenvalue weighted by Crippen LogP contribution is 2.39. The van der Waals surface area contributed by atoms with E-state index in [1.54, 1.807) is 0 Å². The van der Waals surface area contributed by atoms with Gasteiger partial charge in [-0.25, -0.2) is 8.78 Å². The van der Waals surface area contributed by atoms with Crippen LogP contribution in [0.3, 0.4) is 0 Å². The van der Waals surface area contributed by atoms with E-state index < -0.39 is 16.5 Å². The number of alkyl halides is 6. The molecule has 0 aromatic heterocycles. The summed E-state index contributed by atoms with van der Waals surface area (Å²) in [5, 5.41) is 0. The third kappa shape index (κ3) is 2.23. The minimum Gasteiger partial charge on any atom is -0.246 e. The molecule has 0 aliphatic carbocycles. The lowest BCUT2D eigenvalue weighted by molar-refractivity contribution is -0.191. The smallest absolute Gasteiger partial charge is 0.246 e. The third-order valence-corrected chi connectivity index (χ3v) is 1.48. The van der Waals surface area contributed by atoms with Crippen LogP contribution in [-0.4, -0.2) is 16.5 Å². The predicted molar refractivity (Wildman–Crippen MR) is 29.9 cm³/mol. The lowest BCUT2D eigenvalue weighted by atomic mass is 10.4. The second-order valence-corrected chi connectivity index (χ2v) is 3.05. The molecule has 0 saturated heterocycles. The summed E-state index contributed by atoms with van der Waals surface area (Å²) < 4.78 is 52.9. The minimum absolute atomic E-state index is 0.380. The van der Waals surface area contributed by atoms with Crippen LogP contribution in [0.25, 0.3) is 0 Å². The van der Waals surface area contributed by atoms with Crippen LogP contribution in [0.1, 0.15) is 0 Å². The third-order valence-electron chi connectivity index (χ3n) is 0.583. The quantitative estimate of drug-likeness (QED) is 0.386. The van der Waals surface area contributed by atoms with Crippen molar-refractivity contribution in [3.05, 3.63) is 0 Å². The summed E-state index contributed by atoms with van der Waals surface area (Å²) in [6.45, 7) is -2.04. The van der Waals surface area contributed by atoms with E-state index in [-0.39, 0.29) is 0 Å². The SMILES string of the molecule is FCC(F)(I)C(F)(F)F. The molecule has 1 unspecified atom stereocenters. The zero-order valence-corrected chi connectivity index (χ0v) is 6.13. The maximum atomic E-state index is 11.8. The van der Waals surface area contributed by atoms with Gasteiger partial charge in [-0.05, 0) is 22.6 Å². The fourth-order valence-electron chi connectivity index (χ4n) is 0.0758. The van der Waals surface area contributed by atoms with Crippen LogP contribution in [0.5, 0.6) is 0 Å². The molecule has 0 fully saturated rings. The zero-order chi connectivity index (χ0) is 7.71. The molecule has 0 aromatic rings. The Labute approximate surface area is 61.6 Å². The Hall–Kier alpha value is 0.380. The van der Waals surface area contributed by atoms with Crippen LogP contribution >= 0.6 is 22.6 Å². The first-order chi connectivity index (χ1) is 3.81. The molecule has 0 heterocycles. The summed E-state index contributed by atoms with van der Waals surface area (Å²) in [6.07, 6.45) is -5.11. The van der Waals surface area contributed by atoms with Crippen LogP contribution in [0.2, 0.25) is 0 Å². The number of hydrogen-bond donors (Lipinski definition) is 0. The molecule has 6 heteroatoms. The molecule has 56 valence electrons. The van der Waals surface area contributed by atoms with E-state index in [1.807, 2.05) is 0 Å². The Kier molecular flexibility index (Phi) is 2.66. The van der Waals surface area contributed by atoms with Crippen molar-refractivity contribution >= 4 is 22.6 Å². The van der Waals surface area contributed by atoms with Crippen molar-refractivity contribution in [2.45, 2.75) is 9.85 Å². The van der Waals surface area contributed by atoms with Gasteiger partial charge in [-0.3, -0.25) is 0 Å². The molecular weight excluding hydrogens is 258 g/mol. The molecule has 9 heavy (non-hydrogen) atoms. The predicted octanol–water partition coefficient (Wildman–Crippen LogP) is 2.62. The van der Waals surface area contributed by atoms with Crippen LogP contribution in [0.4, 0.5) is 22.0 Å². The van der Waals surface area contributed by atoms with Crippen LogP contribution in [-0.2, 0) is 0 Å². The van der Waals surface area contributed by atoms with Crippen LogP contribution < -0.4 is 0 Å². The van der Waals surface area contributed by atoms with Crippen molar-refractivity contribution in [1.82, 2.24) is 0 Å². The summed E-state index contributed by atoms with van der Waals surface area (Å²) in [5.74, 6) is 0. The first-order valence-corrected chi connectivity index (χ1v) is 2.89. The Bertz CT molecular complexity index is 94.9. The lowest BCUT2D eigenvalue weighted by Crippen LogP contribution is -2.36. The van der Waals surface area contributed by atoms with Gasteiger partial charge in [0.15, 0.2) is 0 Å². The van der Waals surface area contributed by atoms with Gasteiger partial charge in [-0.1, -0.05) is 0 Å². The first-order valence-electron chi connectivity index (χ1n) is 1.82. The molecular formula is C3H2F5I. The fraction of sp³-hybridized carbons (Fsp3) is 1.00. The Morgan fingerprint density at radius 2 is 1.44 bits per heavy atom. The summed E-state index contributed by atoms with van der Waals surface area (Å²) >= 11 is 0.380. The van der Waals surface area contributed by atoms with Crippen molar-refractivity contribution in [1.29, 1.82) is 0 Å². The largest absolute Gasteiger partial charge is 0.434 e. The van der Waals surface area contributed by atoms with Gasteiger partial charge in [0.05, 0.1) is 0 Å². The van der Waals surface area contributed by atoms with E-state index in [1.165, 1.54) is 0 Å². The van der Waals surface area contributed by atoms with Crippen molar-refractivity contribution in [2.24, 2.45) is 0 Å². The molecule has 0 nitrogen and oxygen atoms in total. The molecule has 0 saturated carbocycles. The Balaban J connectivity index is 4.14. The Morgan fingerprint density at radius 1 is 1.11 bits per heavy atom. The molecule has 0 aliphatic rings. The van der Waals surface area contributed by atoms with E-state index >= 15 is 0 Å². The number of rotatable bonds is 1. The number of halogens is 6. The van der Waals surface area contributed by atoms with Gasteiger partial charge >= 0.3 is 6.18 Å². The number of hydrogen-bond acceptors (Lipinski definition) is 0. The van der Waals surface area contributed by atoms with E-state index in [2.05, 4.69) is 0 Å². The van der Waals surface area contributed by atoms with Crippen LogP contribution in [0.15, 0.2) is 0 Å². The van der Waals surface area contributed by atoms with Gasteiger partial charge in [-0.15, -0.1) is 0 Å². The monoisotopic (exact) mass is 260 g/mol. The van der Waals surface area contributed by atoms with E-state index in [9.17, 15) is 22.0 Å². The standard InChI is InChI=1S/C3H2F5I/c4-1-2(5,9)3(6,7)8/h1H2. The maximum absolute atomic E-state index is 11.8. The topological polar surface area (TPSA) is 0 Å². The van der Waals surface area contributed by atoms with E-state index in [0.29, 0.717) is 22.6 Å². The average molecular weight is 260 g/mol. The molecule has 0 N–H and O–H groups in total. The maximum Gasteiger partial charge on any atom is 0.434 e. The van der Waals surface area contributed by atoms with Crippen molar-refractivity contribution in [2.75, 3.05) is 6.67 Å². The highest BCUT2D eigenvalue weighted by molar-refractivity contribution is 14.1. The van der Waals surface area contributed by atoms with E-state index in [0.717, 1.165) is 0 Å². The summed E-state index contributed by atoms with van der Waals surface area (Å²) in [4.78, 5) is 0. The van der Waals surface area contributed by atoms with Crippen molar-refractivity contribution in [3.8, 4) is 0 Å². The molecule has 0 amide bonds. The molecule has 0 rings (SSSR count). The van der Waals surface area contributed by atoms with Gasteiger partial charge in [0.2, 0.25) is 0 Å². The fourth-order valence-corrected chi connectivity index (χ4v) is 0.0758. The second-order valence-electron chi connectivity index (χ2n) is 1.34. The highest BCUT2D eigenvalue weighted by Gasteiger charge is 2.54. The molecule has 0 aromatic carbocycles. The molecule has 0 bridgehead atoms. The first kappa shape index (κ1) is 9.38. The summed E-state index contributed by atoms with van der Waals surface area (Å²) in [7, 11) is 0. The molecule has 1 atom stereocenters. The normalized spacial score (nSPS) is 19.3. The summed E-state index contributed by atoms with van der Waals surface area (Å²) in [6, 6.07) is 0. The van der Waals surface area contributed by atoms with Crippen LogP contribution in [0, 0.1) is 0 Å². The minimum atomic E-state index is -5.11. The Morgan fingerprint density at radius 3 is 1.44 bits per heavy atom. The molecule has 0 spiro atoms. The van der Waals surface area contributed by atoms with Crippen molar-refractivity contribution in [3.63, 3.8) is 0 Å². The van der Waals surface area contributed by atoms with Gasteiger partial charge in [0.25, 0.3) is 3.68 Å². The zero-order valence-electron chi connectivity index (χ0n) is 3.97. The van der Waals surface area contributed by atoms with Crippen molar-refractivity contribution < 1.29 is 22.0 Å². The van der Waals surface area contributed by atoms with Gasteiger partial charge < -0.3 is 0 Å². The second kappa shape index (κ2) is 2.55. The summed E-state index contributed by atoms with van der Waals surface area (Å²) in [5.41, 5.74) is 0.